The van der Waals surface area contributed by atoms with Crippen LogP contribution in [-0.4, -0.2) is 10.1 Å². The molecule has 0 aliphatic heterocycles. The molecule has 1 aromatic heterocycles. The number of aromatic nitrogens is 1. The van der Waals surface area contributed by atoms with Gasteiger partial charge in [0, 0.05) is 10.7 Å². The van der Waals surface area contributed by atoms with Gasteiger partial charge in [-0.3, -0.25) is 0 Å². The Hall–Kier alpha value is -1.82. The van der Waals surface area contributed by atoms with Crippen molar-refractivity contribution in [1.29, 1.82) is 0 Å². The number of hydrogen-bond donors (Lipinski definition) is 2. The van der Waals surface area contributed by atoms with E-state index in [4.69, 9.17) is 10.5 Å². The Morgan fingerprint density at radius 2 is 2.18 bits per heavy atom. The van der Waals surface area contributed by atoms with E-state index < -0.39 is 5.82 Å². The number of benzene rings is 1. The van der Waals surface area contributed by atoms with Gasteiger partial charge in [-0.1, -0.05) is 6.07 Å². The minimum Gasteiger partial charge on any atom is -0.506 e. The lowest BCUT2D eigenvalue weighted by Crippen LogP contribution is -1.96. The molecule has 1 aromatic carbocycles. The maximum Gasteiger partial charge on any atom is 0.256 e. The highest BCUT2D eigenvalue weighted by Crippen LogP contribution is 2.33. The van der Waals surface area contributed by atoms with Gasteiger partial charge >= 0.3 is 0 Å². The van der Waals surface area contributed by atoms with Gasteiger partial charge in [-0.05, 0) is 34.1 Å². The van der Waals surface area contributed by atoms with Gasteiger partial charge in [0.1, 0.15) is 11.4 Å². The number of hydrogen-bond acceptors (Lipinski definition) is 4. The maximum absolute atomic E-state index is 13.4. The molecule has 0 atom stereocenters. The Morgan fingerprint density at radius 1 is 1.41 bits per heavy atom. The van der Waals surface area contributed by atoms with Gasteiger partial charge in [-0.25, -0.2) is 9.37 Å². The molecule has 1 heterocycles. The van der Waals surface area contributed by atoms with Crippen LogP contribution in [0, 0.1) is 5.82 Å². The molecule has 0 fully saturated rings. The third-order valence-corrected chi connectivity index (χ3v) is 2.46. The molecule has 0 aliphatic carbocycles. The number of nitrogen functional groups attached to an aromatic ring is 1. The molecule has 88 valence electrons. The highest BCUT2D eigenvalue weighted by Gasteiger charge is 2.10. The number of nitrogens with two attached hydrogens (primary N) is 1. The number of para-hydroxylation sites is 1. The summed E-state index contributed by atoms with van der Waals surface area (Å²) >= 11 is 3.09. The summed E-state index contributed by atoms with van der Waals surface area (Å²) in [7, 11) is 0. The van der Waals surface area contributed by atoms with Crippen molar-refractivity contribution in [2.24, 2.45) is 0 Å². The zero-order valence-electron chi connectivity index (χ0n) is 8.52. The van der Waals surface area contributed by atoms with E-state index in [0.29, 0.717) is 4.47 Å². The Labute approximate surface area is 105 Å². The minimum atomic E-state index is -0.623. The second-order valence-electron chi connectivity index (χ2n) is 3.23. The molecule has 6 heteroatoms. The number of halogens is 2. The molecule has 0 saturated heterocycles. The van der Waals surface area contributed by atoms with Crippen molar-refractivity contribution < 1.29 is 14.2 Å². The van der Waals surface area contributed by atoms with Gasteiger partial charge < -0.3 is 15.6 Å². The monoisotopic (exact) mass is 298 g/mol. The quantitative estimate of drug-likeness (QED) is 0.660. The summed E-state index contributed by atoms with van der Waals surface area (Å²) in [5.41, 5.74) is 5.61. The zero-order valence-corrected chi connectivity index (χ0v) is 10.1. The lowest BCUT2D eigenvalue weighted by Gasteiger charge is -2.09. The summed E-state index contributed by atoms with van der Waals surface area (Å²) in [6, 6.07) is 5.69. The number of phenols is 1. The summed E-state index contributed by atoms with van der Waals surface area (Å²) in [5, 5.41) is 9.36. The summed E-state index contributed by atoms with van der Waals surface area (Å²) < 4.78 is 19.1. The van der Waals surface area contributed by atoms with Crippen LogP contribution in [0.1, 0.15) is 0 Å². The summed E-state index contributed by atoms with van der Waals surface area (Å²) in [6.07, 6.45) is 1.40. The molecule has 0 unspecified atom stereocenters. The van der Waals surface area contributed by atoms with Crippen molar-refractivity contribution >= 4 is 21.6 Å². The Kier molecular flexibility index (Phi) is 3.14. The zero-order chi connectivity index (χ0) is 12.4. The fourth-order valence-electron chi connectivity index (χ4n) is 1.20. The van der Waals surface area contributed by atoms with E-state index in [1.807, 2.05) is 0 Å². The predicted octanol–water partition coefficient (Wildman–Crippen LogP) is 3.06. The van der Waals surface area contributed by atoms with Crippen LogP contribution in [0.15, 0.2) is 34.9 Å². The van der Waals surface area contributed by atoms with Gasteiger partial charge in [0.2, 0.25) is 0 Å². The number of pyridine rings is 1. The second kappa shape index (κ2) is 4.58. The number of phenolic OH excluding ortho intramolecular Hbond substituents is 1. The highest BCUT2D eigenvalue weighted by atomic mass is 79.9. The molecule has 3 N–H and O–H groups in total. The lowest BCUT2D eigenvalue weighted by molar-refractivity contribution is 0.418. The average Bonchev–Trinajstić information content (AvgIpc) is 2.28. The number of rotatable bonds is 2. The molecule has 2 aromatic rings. The van der Waals surface area contributed by atoms with Crippen LogP contribution in [0.5, 0.6) is 17.4 Å². The van der Waals surface area contributed by atoms with E-state index in [1.165, 1.54) is 30.5 Å². The maximum atomic E-state index is 13.4. The summed E-state index contributed by atoms with van der Waals surface area (Å²) in [6.45, 7) is 0. The van der Waals surface area contributed by atoms with Crippen molar-refractivity contribution in [3.8, 4) is 17.4 Å². The topological polar surface area (TPSA) is 68.4 Å². The van der Waals surface area contributed by atoms with Crippen LogP contribution in [0.2, 0.25) is 0 Å². The molecule has 0 amide bonds. The molecule has 4 nitrogen and oxygen atoms in total. The lowest BCUT2D eigenvalue weighted by atomic mass is 10.3. The largest absolute Gasteiger partial charge is 0.506 e. The Balaban J connectivity index is 2.35. The fourth-order valence-corrected chi connectivity index (χ4v) is 1.51. The molecule has 17 heavy (non-hydrogen) atoms. The van der Waals surface area contributed by atoms with Crippen molar-refractivity contribution in [1.82, 2.24) is 4.98 Å². The molecule has 0 aliphatic rings. The predicted molar refractivity (Wildman–Crippen MR) is 64.5 cm³/mol. The number of aromatic hydroxyl groups is 1. The molecule has 2 rings (SSSR count). The summed E-state index contributed by atoms with van der Waals surface area (Å²) in [5.74, 6) is -0.800. The third kappa shape index (κ3) is 2.47. The van der Waals surface area contributed by atoms with Crippen molar-refractivity contribution in [2.75, 3.05) is 5.73 Å². The normalized spacial score (nSPS) is 10.2. The Bertz CT molecular complexity index is 563. The number of nitrogens with zero attached hydrogens (tertiary/aromatic N) is 1. The molecule has 0 saturated carbocycles. The molecular weight excluding hydrogens is 291 g/mol. The molecule has 0 bridgehead atoms. The van der Waals surface area contributed by atoms with E-state index in [0.717, 1.165) is 0 Å². The number of ether oxygens (including phenoxy) is 1. The van der Waals surface area contributed by atoms with Gasteiger partial charge in [-0.2, -0.15) is 0 Å². The van der Waals surface area contributed by atoms with E-state index in [2.05, 4.69) is 20.9 Å². The van der Waals surface area contributed by atoms with Crippen LogP contribution < -0.4 is 10.5 Å². The van der Waals surface area contributed by atoms with Crippen LogP contribution in [0.25, 0.3) is 0 Å². The van der Waals surface area contributed by atoms with Crippen LogP contribution in [-0.2, 0) is 0 Å². The van der Waals surface area contributed by atoms with E-state index in [9.17, 15) is 9.50 Å². The molecule has 0 radical (unpaired) electrons. The van der Waals surface area contributed by atoms with Crippen molar-refractivity contribution in [2.45, 2.75) is 0 Å². The SMILES string of the molecule is Nc1c(O)cccc1Oc1ncc(Br)cc1F. The van der Waals surface area contributed by atoms with Crippen molar-refractivity contribution in [3.63, 3.8) is 0 Å². The average molecular weight is 299 g/mol. The van der Waals surface area contributed by atoms with Crippen LogP contribution in [0.3, 0.4) is 0 Å². The first-order valence-electron chi connectivity index (χ1n) is 4.64. The third-order valence-electron chi connectivity index (χ3n) is 2.02. The smallest absolute Gasteiger partial charge is 0.256 e. The molecular formula is C11H8BrFN2O2. The standard InChI is InChI=1S/C11H8BrFN2O2/c12-6-4-7(13)11(15-5-6)17-9-3-1-2-8(16)10(9)14/h1-5,16H,14H2. The number of anilines is 1. The van der Waals surface area contributed by atoms with Crippen LogP contribution >= 0.6 is 15.9 Å². The van der Waals surface area contributed by atoms with Crippen molar-refractivity contribution in [3.05, 3.63) is 40.8 Å². The first-order valence-corrected chi connectivity index (χ1v) is 5.43. The Morgan fingerprint density at radius 3 is 2.88 bits per heavy atom. The van der Waals surface area contributed by atoms with E-state index in [1.54, 1.807) is 0 Å². The van der Waals surface area contributed by atoms with Gasteiger partial charge in [0.15, 0.2) is 11.6 Å². The second-order valence-corrected chi connectivity index (χ2v) is 4.15. The highest BCUT2D eigenvalue weighted by molar-refractivity contribution is 9.10. The van der Waals surface area contributed by atoms with Gasteiger partial charge in [0.25, 0.3) is 5.88 Å². The first-order chi connectivity index (χ1) is 8.08. The molecule has 0 spiro atoms. The minimum absolute atomic E-state index is 0.0385. The van der Waals surface area contributed by atoms with E-state index in [-0.39, 0.29) is 23.1 Å². The first kappa shape index (κ1) is 11.7. The van der Waals surface area contributed by atoms with E-state index >= 15 is 0 Å². The van der Waals surface area contributed by atoms with Gasteiger partial charge in [0.05, 0.1) is 0 Å². The van der Waals surface area contributed by atoms with Gasteiger partial charge in [-0.15, -0.1) is 0 Å². The summed E-state index contributed by atoms with van der Waals surface area (Å²) in [4.78, 5) is 3.76. The van der Waals surface area contributed by atoms with Crippen LogP contribution in [0.4, 0.5) is 10.1 Å². The fraction of sp³-hybridized carbons (Fsp3) is 0.